The van der Waals surface area contributed by atoms with Gasteiger partial charge in [-0.25, -0.2) is 9.59 Å². The molecule has 0 amide bonds. The maximum absolute atomic E-state index is 10.6. The number of allylic oxidation sites excluding steroid dienone is 1. The van der Waals surface area contributed by atoms with E-state index in [9.17, 15) is 39.6 Å². The Morgan fingerprint density at radius 1 is 0.679 bits per heavy atom. The number of unbranched alkanes of at least 4 members (excludes halogenated alkanes) is 18. The number of aliphatic hydroxyl groups excluding tert-OH is 4. The molecule has 0 aromatic heterocycles. The van der Waals surface area contributed by atoms with Crippen molar-refractivity contribution in [1.82, 2.24) is 4.90 Å². The highest BCUT2D eigenvalue weighted by Crippen LogP contribution is 2.34. The van der Waals surface area contributed by atoms with Crippen molar-refractivity contribution in [3.05, 3.63) is 95.6 Å². The van der Waals surface area contributed by atoms with Gasteiger partial charge in [0.25, 0.3) is 0 Å². The first-order valence-corrected chi connectivity index (χ1v) is 29.0. The van der Waals surface area contributed by atoms with Gasteiger partial charge >= 0.3 is 23.9 Å². The number of hydrogen-bond donors (Lipinski definition) is 6. The van der Waals surface area contributed by atoms with Crippen molar-refractivity contribution in [2.24, 2.45) is 0 Å². The molecule has 1 saturated heterocycles. The molecule has 6 unspecified atom stereocenters. The number of likely N-dealkylation sites (tertiary alicyclic amines) is 1. The number of carboxylic acids is 2. The number of rotatable bonds is 39. The van der Waals surface area contributed by atoms with Gasteiger partial charge in [0.15, 0.2) is 0 Å². The van der Waals surface area contributed by atoms with Gasteiger partial charge in [0.1, 0.15) is 18.8 Å². The van der Waals surface area contributed by atoms with Crippen LogP contribution in [0.2, 0.25) is 5.02 Å². The van der Waals surface area contributed by atoms with Gasteiger partial charge < -0.3 is 49.7 Å². The van der Waals surface area contributed by atoms with Crippen LogP contribution in [0, 0.1) is 12.3 Å². The molecule has 0 aliphatic carbocycles. The maximum Gasteiger partial charge on any atom is 0.328 e. The van der Waals surface area contributed by atoms with Crippen molar-refractivity contribution >= 4 is 35.5 Å². The van der Waals surface area contributed by atoms with E-state index in [0.29, 0.717) is 31.0 Å². The number of benzene rings is 2. The first-order valence-electron chi connectivity index (χ1n) is 28.7. The van der Waals surface area contributed by atoms with Gasteiger partial charge in [-0.1, -0.05) is 163 Å². The second kappa shape index (κ2) is 48.3. The summed E-state index contributed by atoms with van der Waals surface area (Å²) in [4.78, 5) is 42.8. The molecule has 1 aliphatic heterocycles. The normalized spacial score (nSPS) is 15.3. The van der Waals surface area contributed by atoms with Gasteiger partial charge in [0, 0.05) is 62.9 Å². The zero-order valence-corrected chi connectivity index (χ0v) is 48.6. The number of aliphatic carboxylic acids is 2. The quantitative estimate of drug-likeness (QED) is 0.0121. The van der Waals surface area contributed by atoms with Gasteiger partial charge in [0.2, 0.25) is 0 Å². The first-order chi connectivity index (χ1) is 37.3. The number of hydrogen-bond acceptors (Lipinski definition) is 12. The predicted molar refractivity (Wildman–Crippen MR) is 312 cm³/mol. The minimum absolute atomic E-state index is 0.0286. The summed E-state index contributed by atoms with van der Waals surface area (Å²) in [6.07, 6.45) is 35.3. The monoisotopic (exact) mass is 1110 g/mol. The van der Waals surface area contributed by atoms with E-state index < -0.39 is 53.9 Å². The lowest BCUT2D eigenvalue weighted by atomic mass is 9.88. The van der Waals surface area contributed by atoms with Crippen LogP contribution in [-0.2, 0) is 39.0 Å². The third-order valence-corrected chi connectivity index (χ3v) is 13.7. The Labute approximate surface area is 474 Å². The fourth-order valence-corrected chi connectivity index (χ4v) is 9.05. The molecular weight excluding hydrogens is 1010 g/mol. The van der Waals surface area contributed by atoms with Gasteiger partial charge in [-0.3, -0.25) is 9.59 Å². The Kier molecular flexibility index (Phi) is 45.5. The molecule has 2 aromatic rings. The lowest BCUT2D eigenvalue weighted by Crippen LogP contribution is -2.31. The average molecular weight is 1110 g/mol. The van der Waals surface area contributed by atoms with Crippen LogP contribution >= 0.6 is 11.6 Å². The maximum atomic E-state index is 10.6. The average Bonchev–Trinajstić information content (AvgIpc) is 3.82. The summed E-state index contributed by atoms with van der Waals surface area (Å²) in [5.74, 6) is -0.658. The molecule has 6 N–H and O–H groups in total. The van der Waals surface area contributed by atoms with Crippen molar-refractivity contribution in [3.63, 3.8) is 0 Å². The van der Waals surface area contributed by atoms with Crippen LogP contribution in [0.15, 0.2) is 79.4 Å². The van der Waals surface area contributed by atoms with E-state index in [1.807, 2.05) is 24.3 Å². The van der Waals surface area contributed by atoms with Crippen LogP contribution in [0.3, 0.4) is 0 Å². The highest BCUT2D eigenvalue weighted by Gasteiger charge is 2.31. The molecule has 6 atom stereocenters. The van der Waals surface area contributed by atoms with Crippen LogP contribution in [0.4, 0.5) is 0 Å². The second-order valence-corrected chi connectivity index (χ2v) is 20.9. The third kappa shape index (κ3) is 42.4. The van der Waals surface area contributed by atoms with Crippen molar-refractivity contribution in [2.75, 3.05) is 33.4 Å². The molecule has 1 heterocycles. The Morgan fingerprint density at radius 2 is 1.10 bits per heavy atom. The number of esters is 2. The highest BCUT2D eigenvalue weighted by atomic mass is 35.5. The van der Waals surface area contributed by atoms with Crippen LogP contribution in [-0.4, -0.2) is 123 Å². The number of nitrogens with zero attached hydrogens (tertiary/aromatic N) is 1. The molecule has 2 aromatic carbocycles. The van der Waals surface area contributed by atoms with Gasteiger partial charge in [-0.15, -0.1) is 18.9 Å². The lowest BCUT2D eigenvalue weighted by Gasteiger charge is -2.32. The van der Waals surface area contributed by atoms with E-state index >= 15 is 0 Å². The predicted octanol–water partition coefficient (Wildman–Crippen LogP) is 12.5. The molecule has 1 fully saturated rings. The van der Waals surface area contributed by atoms with E-state index in [1.54, 1.807) is 0 Å². The molecule has 0 saturated carbocycles. The minimum atomic E-state index is -1.26. The lowest BCUT2D eigenvalue weighted by molar-refractivity contribution is -0.145. The number of aliphatic hydroxyl groups is 4. The fourth-order valence-electron chi connectivity index (χ4n) is 8.92. The minimum Gasteiger partial charge on any atom is -0.478 e. The Balaban J connectivity index is 0.00000106. The van der Waals surface area contributed by atoms with Crippen molar-refractivity contribution < 1.29 is 64.0 Å². The number of halogens is 1. The zero-order valence-electron chi connectivity index (χ0n) is 47.9. The number of ether oxygens (including phenoxy) is 3. The molecule has 0 spiro atoms. The molecule has 15 heteroatoms. The van der Waals surface area contributed by atoms with Crippen LogP contribution in [0.1, 0.15) is 205 Å². The van der Waals surface area contributed by atoms with Crippen molar-refractivity contribution in [3.8, 4) is 12.3 Å². The summed E-state index contributed by atoms with van der Waals surface area (Å²) in [7, 11) is 2.22. The van der Waals surface area contributed by atoms with E-state index in [-0.39, 0.29) is 26.1 Å². The Hall–Kier alpha value is -4.59. The number of carbonyl (C=O) groups excluding carboxylic acids is 2. The molecule has 14 nitrogen and oxygen atoms in total. The number of terminal acetylenes is 1. The van der Waals surface area contributed by atoms with E-state index in [2.05, 4.69) is 67.8 Å². The van der Waals surface area contributed by atoms with Crippen LogP contribution < -0.4 is 0 Å². The largest absolute Gasteiger partial charge is 0.478 e. The SMILES string of the molecule is C#CCCCCCCCCCCCC(O)CC(O)COC(C)=O.C=CCCCCCCCCCCCC(O)CC(O)COC(C)=O.CN1CCCC1CCOC(C)(c1ccccc1)c1ccc(Cl)cc1.O=C(O)C=CC(=O)O. The summed E-state index contributed by atoms with van der Waals surface area (Å²) in [5.41, 5.74) is 1.85. The number of carbonyl (C=O) groups is 4. The topological polar surface area (TPSA) is 221 Å². The van der Waals surface area contributed by atoms with Crippen molar-refractivity contribution in [1.29, 1.82) is 0 Å². The van der Waals surface area contributed by atoms with E-state index in [4.69, 9.17) is 42.4 Å². The molecule has 78 heavy (non-hydrogen) atoms. The standard InChI is InChI=1S/C21H26ClNO.C19H36O4.C19H34O4.C4H4O4/c1-21(17-7-4-3-5-8-17,18-10-12-19(22)13-11-18)24-16-14-20-9-6-15-23(20)2;2*1-3-4-5-6-7-8-9-10-11-12-13-14-18(21)15-19(22)16-23-17(2)20;5-3(6)1-2-4(7)8/h3-5,7-8,10-13,20H,6,9,14-16H2,1-2H3;3,18-19,21-22H,1,4-16H2,2H3;1,18-19,21-22H,4-16H2,2H3;1-2H,(H,5,6)(H,7,8). The highest BCUT2D eigenvalue weighted by molar-refractivity contribution is 6.30. The Bertz CT molecular complexity index is 1890. The van der Waals surface area contributed by atoms with E-state index in [1.165, 1.54) is 122 Å². The molecule has 0 radical (unpaired) electrons. The van der Waals surface area contributed by atoms with Gasteiger partial charge in [0.05, 0.1) is 24.4 Å². The first kappa shape index (κ1) is 73.4. The van der Waals surface area contributed by atoms with Gasteiger partial charge in [-0.05, 0) is 95.1 Å². The third-order valence-electron chi connectivity index (χ3n) is 13.5. The molecule has 0 bridgehead atoms. The molecule has 1 aliphatic rings. The van der Waals surface area contributed by atoms with Crippen molar-refractivity contribution in [2.45, 2.75) is 230 Å². The molecular formula is C63H100ClNO13. The Morgan fingerprint density at radius 3 is 1.50 bits per heavy atom. The van der Waals surface area contributed by atoms with Gasteiger partial charge in [-0.2, -0.15) is 0 Å². The van der Waals surface area contributed by atoms with Crippen LogP contribution in [0.25, 0.3) is 0 Å². The summed E-state index contributed by atoms with van der Waals surface area (Å²) < 4.78 is 15.9. The zero-order chi connectivity index (χ0) is 58.2. The second-order valence-electron chi connectivity index (χ2n) is 20.5. The smallest absolute Gasteiger partial charge is 0.328 e. The fraction of sp³-hybridized carbons (Fsp3) is 0.651. The molecule has 3 rings (SSSR count). The van der Waals surface area contributed by atoms with E-state index in [0.717, 1.165) is 68.6 Å². The van der Waals surface area contributed by atoms with Crippen LogP contribution in [0.5, 0.6) is 0 Å². The summed E-state index contributed by atoms with van der Waals surface area (Å²) >= 11 is 6.07. The summed E-state index contributed by atoms with van der Waals surface area (Å²) in [5, 5.41) is 55.2. The molecule has 442 valence electrons. The summed E-state index contributed by atoms with van der Waals surface area (Å²) in [6, 6.07) is 19.1. The number of carboxylic acid groups (broad SMARTS) is 2. The summed E-state index contributed by atoms with van der Waals surface area (Å²) in [6.45, 7) is 10.4.